The molecule has 0 bridgehead atoms. The van der Waals surface area contributed by atoms with Crippen molar-refractivity contribution in [3.8, 4) is 0 Å². The summed E-state index contributed by atoms with van der Waals surface area (Å²) in [6, 6.07) is 6.99. The third-order valence-electron chi connectivity index (χ3n) is 6.31. The predicted molar refractivity (Wildman–Crippen MR) is 139 cm³/mol. The van der Waals surface area contributed by atoms with Gasteiger partial charge in [-0.15, -0.1) is 0 Å². The summed E-state index contributed by atoms with van der Waals surface area (Å²) in [6.45, 7) is 10.1. The highest BCUT2D eigenvalue weighted by Gasteiger charge is 2.26. The van der Waals surface area contributed by atoms with Gasteiger partial charge in [0.05, 0.1) is 12.1 Å². The minimum Gasteiger partial charge on any atom is -0.391 e. The van der Waals surface area contributed by atoms with Crippen LogP contribution in [-0.4, -0.2) is 52.8 Å². The van der Waals surface area contributed by atoms with Crippen molar-refractivity contribution in [3.05, 3.63) is 70.3 Å². The molecule has 0 saturated heterocycles. The van der Waals surface area contributed by atoms with Gasteiger partial charge in [-0.25, -0.2) is 8.78 Å². The number of carbonyl (C=O) groups excluding carboxylic acids is 3. The standard InChI is InChI=1S/C29H38F2N2O4/c1-6-8-33(9-7-2)29(37)23-11-18(3)10-22(16-23)28(36)32-26(27(35)12-19(4)20(5)34)15-21-13-24(30)17-25(31)14-21/h10-11,13-14,16-17,19,26-27,35H,6-9,12,15H2,1-5H3,(H,32,36)/t19-,26+,27+/m1/s1. The zero-order chi connectivity index (χ0) is 27.7. The van der Waals surface area contributed by atoms with E-state index in [1.54, 1.807) is 30.9 Å². The molecule has 0 aromatic heterocycles. The normalized spacial score (nSPS) is 13.5. The third kappa shape index (κ3) is 9.04. The number of amides is 2. The molecule has 202 valence electrons. The van der Waals surface area contributed by atoms with E-state index in [4.69, 9.17) is 0 Å². The van der Waals surface area contributed by atoms with Crippen molar-refractivity contribution in [3.63, 3.8) is 0 Å². The largest absolute Gasteiger partial charge is 0.391 e. The highest BCUT2D eigenvalue weighted by molar-refractivity contribution is 6.00. The van der Waals surface area contributed by atoms with Crippen LogP contribution in [0, 0.1) is 24.5 Å². The second-order valence-electron chi connectivity index (χ2n) is 9.76. The number of rotatable bonds is 13. The number of benzene rings is 2. The van der Waals surface area contributed by atoms with E-state index in [1.807, 2.05) is 13.8 Å². The van der Waals surface area contributed by atoms with E-state index in [0.717, 1.165) is 36.6 Å². The van der Waals surface area contributed by atoms with Crippen molar-refractivity contribution in [1.82, 2.24) is 10.2 Å². The average Bonchev–Trinajstić information content (AvgIpc) is 2.81. The Balaban J connectivity index is 2.34. The number of aliphatic hydroxyl groups is 1. The first kappa shape index (κ1) is 30.1. The van der Waals surface area contributed by atoms with Crippen LogP contribution in [0.15, 0.2) is 36.4 Å². The maximum atomic E-state index is 13.8. The molecule has 2 rings (SSSR count). The Labute approximate surface area is 218 Å². The molecule has 2 N–H and O–H groups in total. The maximum Gasteiger partial charge on any atom is 0.253 e. The molecule has 0 saturated carbocycles. The number of carbonyl (C=O) groups is 3. The Hall–Kier alpha value is -3.13. The number of ketones is 1. The van der Waals surface area contributed by atoms with Crippen molar-refractivity contribution in [2.75, 3.05) is 13.1 Å². The van der Waals surface area contributed by atoms with Crippen LogP contribution in [0.1, 0.15) is 78.8 Å². The fraction of sp³-hybridized carbons (Fsp3) is 0.483. The third-order valence-corrected chi connectivity index (χ3v) is 6.31. The van der Waals surface area contributed by atoms with Crippen LogP contribution in [0.5, 0.6) is 0 Å². The number of halogens is 2. The van der Waals surface area contributed by atoms with Gasteiger partial charge in [0.1, 0.15) is 17.4 Å². The van der Waals surface area contributed by atoms with Gasteiger partial charge >= 0.3 is 0 Å². The van der Waals surface area contributed by atoms with E-state index in [2.05, 4.69) is 5.32 Å². The molecule has 0 aliphatic carbocycles. The van der Waals surface area contributed by atoms with Gasteiger partial charge in [-0.2, -0.15) is 0 Å². The first-order valence-corrected chi connectivity index (χ1v) is 12.8. The fourth-order valence-electron chi connectivity index (χ4n) is 4.29. The van der Waals surface area contributed by atoms with Crippen LogP contribution in [0.25, 0.3) is 0 Å². The number of Topliss-reactive ketones (excluding diaryl/α,β-unsaturated/α-hetero) is 1. The van der Waals surface area contributed by atoms with Crippen molar-refractivity contribution in [2.24, 2.45) is 5.92 Å². The van der Waals surface area contributed by atoms with E-state index in [9.17, 15) is 28.3 Å². The van der Waals surface area contributed by atoms with Crippen LogP contribution >= 0.6 is 0 Å². The molecule has 0 unspecified atom stereocenters. The minimum absolute atomic E-state index is 0.0510. The van der Waals surface area contributed by atoms with Gasteiger partial charge in [-0.3, -0.25) is 14.4 Å². The molecule has 0 heterocycles. The summed E-state index contributed by atoms with van der Waals surface area (Å²) in [5.41, 5.74) is 1.60. The van der Waals surface area contributed by atoms with Gasteiger partial charge in [0.15, 0.2) is 0 Å². The first-order chi connectivity index (χ1) is 17.4. The van der Waals surface area contributed by atoms with Crippen LogP contribution < -0.4 is 5.32 Å². The van der Waals surface area contributed by atoms with Gasteiger partial charge in [0.25, 0.3) is 11.8 Å². The summed E-state index contributed by atoms with van der Waals surface area (Å²) < 4.78 is 27.6. The van der Waals surface area contributed by atoms with E-state index in [-0.39, 0.29) is 35.7 Å². The molecule has 0 fully saturated rings. The molecule has 3 atom stereocenters. The number of hydrogen-bond acceptors (Lipinski definition) is 4. The molecular formula is C29H38F2N2O4. The predicted octanol–water partition coefficient (Wildman–Crippen LogP) is 4.85. The van der Waals surface area contributed by atoms with E-state index >= 15 is 0 Å². The summed E-state index contributed by atoms with van der Waals surface area (Å²) in [7, 11) is 0. The Bertz CT molecular complexity index is 1080. The zero-order valence-corrected chi connectivity index (χ0v) is 22.3. The second-order valence-corrected chi connectivity index (χ2v) is 9.76. The SMILES string of the molecule is CCCN(CCC)C(=O)c1cc(C)cc(C(=O)N[C@@H](Cc2cc(F)cc(F)c2)[C@@H](O)C[C@@H](C)C(C)=O)c1. The molecule has 2 aromatic rings. The van der Waals surface area contributed by atoms with Gasteiger partial charge in [0.2, 0.25) is 0 Å². The number of aliphatic hydroxyl groups excluding tert-OH is 1. The Morgan fingerprint density at radius 3 is 2.05 bits per heavy atom. The van der Waals surface area contributed by atoms with E-state index in [0.29, 0.717) is 18.7 Å². The molecular weight excluding hydrogens is 478 g/mol. The number of aryl methyl sites for hydroxylation is 1. The molecule has 2 aromatic carbocycles. The zero-order valence-electron chi connectivity index (χ0n) is 22.3. The molecule has 37 heavy (non-hydrogen) atoms. The van der Waals surface area contributed by atoms with Crippen molar-refractivity contribution in [2.45, 2.75) is 72.4 Å². The molecule has 0 radical (unpaired) electrons. The molecule has 2 amide bonds. The monoisotopic (exact) mass is 516 g/mol. The lowest BCUT2D eigenvalue weighted by Gasteiger charge is -2.26. The lowest BCUT2D eigenvalue weighted by molar-refractivity contribution is -0.121. The van der Waals surface area contributed by atoms with Gasteiger partial charge in [-0.05, 0) is 81.0 Å². The Morgan fingerprint density at radius 2 is 1.51 bits per heavy atom. The van der Waals surface area contributed by atoms with Gasteiger partial charge in [-0.1, -0.05) is 20.8 Å². The van der Waals surface area contributed by atoms with E-state index < -0.39 is 35.6 Å². The van der Waals surface area contributed by atoms with Crippen LogP contribution in [0.4, 0.5) is 8.78 Å². The van der Waals surface area contributed by atoms with Crippen molar-refractivity contribution >= 4 is 17.6 Å². The lowest BCUT2D eigenvalue weighted by Crippen LogP contribution is -2.46. The summed E-state index contributed by atoms with van der Waals surface area (Å²) >= 11 is 0. The number of hydrogen-bond donors (Lipinski definition) is 2. The lowest BCUT2D eigenvalue weighted by atomic mass is 9.92. The number of nitrogens with zero attached hydrogens (tertiary/aromatic N) is 1. The second kappa shape index (κ2) is 14.0. The van der Waals surface area contributed by atoms with Crippen molar-refractivity contribution in [1.29, 1.82) is 0 Å². The Kier molecular flexibility index (Phi) is 11.4. The van der Waals surface area contributed by atoms with Gasteiger partial charge < -0.3 is 15.3 Å². The molecule has 8 heteroatoms. The van der Waals surface area contributed by atoms with Gasteiger partial charge in [0, 0.05) is 36.2 Å². The maximum absolute atomic E-state index is 13.8. The molecule has 6 nitrogen and oxygen atoms in total. The molecule has 0 aliphatic heterocycles. The Morgan fingerprint density at radius 1 is 0.946 bits per heavy atom. The average molecular weight is 517 g/mol. The topological polar surface area (TPSA) is 86.7 Å². The fourth-order valence-corrected chi connectivity index (χ4v) is 4.29. The molecule has 0 spiro atoms. The van der Waals surface area contributed by atoms with E-state index in [1.165, 1.54) is 13.0 Å². The number of nitrogens with one attached hydrogen (secondary N) is 1. The quantitative estimate of drug-likeness (QED) is 0.398. The summed E-state index contributed by atoms with van der Waals surface area (Å²) in [5, 5.41) is 13.7. The summed E-state index contributed by atoms with van der Waals surface area (Å²) in [6.07, 6.45) is 0.487. The highest BCUT2D eigenvalue weighted by atomic mass is 19.1. The minimum atomic E-state index is -1.15. The smallest absolute Gasteiger partial charge is 0.253 e. The summed E-state index contributed by atoms with van der Waals surface area (Å²) in [4.78, 5) is 39.9. The summed E-state index contributed by atoms with van der Waals surface area (Å²) in [5.74, 6) is -2.82. The van der Waals surface area contributed by atoms with Crippen LogP contribution in [0.2, 0.25) is 0 Å². The molecule has 0 aliphatic rings. The first-order valence-electron chi connectivity index (χ1n) is 12.8. The van der Waals surface area contributed by atoms with Crippen molar-refractivity contribution < 1.29 is 28.3 Å². The highest BCUT2D eigenvalue weighted by Crippen LogP contribution is 2.18. The van der Waals surface area contributed by atoms with Crippen LogP contribution in [-0.2, 0) is 11.2 Å². The van der Waals surface area contributed by atoms with Crippen LogP contribution in [0.3, 0.4) is 0 Å².